The molecule has 12 rings (SSSR count). The Morgan fingerprint density at radius 3 is 1.55 bits per heavy atom. The van der Waals surface area contributed by atoms with Crippen LogP contribution in [-0.4, -0.2) is 15.8 Å². The second-order valence-corrected chi connectivity index (χ2v) is 14.9. The van der Waals surface area contributed by atoms with Crippen molar-refractivity contribution in [3.05, 3.63) is 127 Å². The number of thiophene rings is 2. The summed E-state index contributed by atoms with van der Waals surface area (Å²) in [7, 11) is 0. The first-order chi connectivity index (χ1) is 23.3. The van der Waals surface area contributed by atoms with E-state index in [0.717, 1.165) is 11.1 Å². The second kappa shape index (κ2) is 8.40. The third-order valence-corrected chi connectivity index (χ3v) is 12.9. The first kappa shape index (κ1) is 24.6. The van der Waals surface area contributed by atoms with Gasteiger partial charge in [-0.15, -0.1) is 22.7 Å². The van der Waals surface area contributed by atoms with E-state index < -0.39 is 0 Å². The Bertz CT molecular complexity index is 2910. The summed E-state index contributed by atoms with van der Waals surface area (Å²) in [6, 6.07) is 46.8. The Balaban J connectivity index is 1.33. The second-order valence-electron chi connectivity index (χ2n) is 12.8. The van der Waals surface area contributed by atoms with Gasteiger partial charge in [0.2, 0.25) is 0 Å². The number of aromatic nitrogens is 2. The van der Waals surface area contributed by atoms with Crippen LogP contribution in [0.5, 0.6) is 0 Å². The number of fused-ring (bicyclic) bond motifs is 14. The molecule has 3 nitrogen and oxygen atoms in total. The van der Waals surface area contributed by atoms with Crippen molar-refractivity contribution in [2.45, 2.75) is 0 Å². The molecule has 0 atom stereocenters. The average molecular weight is 630 g/mol. The van der Waals surface area contributed by atoms with Crippen LogP contribution in [0.3, 0.4) is 0 Å². The minimum Gasteiger partial charge on any atom is -0.309 e. The smallest absolute Gasteiger partial charge is 0.252 e. The van der Waals surface area contributed by atoms with Crippen molar-refractivity contribution in [1.29, 1.82) is 5.26 Å². The molecular weight excluding hydrogens is 609 g/mol. The number of hydrogen-bond acceptors (Lipinski definition) is 3. The number of rotatable bonds is 1. The summed E-state index contributed by atoms with van der Waals surface area (Å²) in [4.78, 5) is 0. The van der Waals surface area contributed by atoms with Crippen molar-refractivity contribution in [3.8, 4) is 28.6 Å². The lowest BCUT2D eigenvalue weighted by molar-refractivity contribution is 1.15. The quantitative estimate of drug-likeness (QED) is 0.167. The molecule has 6 aromatic carbocycles. The van der Waals surface area contributed by atoms with E-state index in [0.29, 0.717) is 5.56 Å². The van der Waals surface area contributed by atoms with Crippen molar-refractivity contribution in [2.75, 3.05) is 0 Å². The van der Waals surface area contributed by atoms with Crippen LogP contribution in [0, 0.1) is 11.3 Å². The van der Waals surface area contributed by atoms with Crippen LogP contribution < -0.4 is 16.4 Å². The highest BCUT2D eigenvalue weighted by Gasteiger charge is 2.41. The van der Waals surface area contributed by atoms with E-state index >= 15 is 0 Å². The molecule has 0 N–H and O–H groups in total. The molecule has 0 fully saturated rings. The van der Waals surface area contributed by atoms with Gasteiger partial charge in [0, 0.05) is 42.3 Å². The Morgan fingerprint density at radius 2 is 1.02 bits per heavy atom. The summed E-state index contributed by atoms with van der Waals surface area (Å²) in [5, 5.41) is 14.8. The zero-order valence-electron chi connectivity index (χ0n) is 24.8. The normalized spacial score (nSPS) is 13.0. The Kier molecular flexibility index (Phi) is 4.40. The molecule has 0 amide bonds. The minimum absolute atomic E-state index is 0.118. The summed E-state index contributed by atoms with van der Waals surface area (Å²) in [6.45, 7) is 0.118. The Morgan fingerprint density at radius 1 is 0.511 bits per heavy atom. The first-order valence-electron chi connectivity index (χ1n) is 15.9. The third-order valence-electron chi connectivity index (χ3n) is 10.5. The SMILES string of the molecule is N#Cc1ccc(-c2cc3c4c(c2)-n2c5c(cccc5c5sc6ccccc6c52)B4c2cccc4c5sc6ccccc6c5n-3c24)cc1. The van der Waals surface area contributed by atoms with Gasteiger partial charge in [0.05, 0.1) is 43.1 Å². The lowest BCUT2D eigenvalue weighted by atomic mass is 9.34. The van der Waals surface area contributed by atoms with Crippen LogP contribution in [0.25, 0.3) is 84.9 Å². The molecule has 214 valence electrons. The monoisotopic (exact) mass is 629 g/mol. The maximum absolute atomic E-state index is 9.56. The third kappa shape index (κ3) is 2.86. The lowest BCUT2D eigenvalue weighted by Crippen LogP contribution is -2.59. The van der Waals surface area contributed by atoms with E-state index in [1.807, 2.05) is 34.8 Å². The summed E-state index contributed by atoms with van der Waals surface area (Å²) in [5.74, 6) is 0. The molecule has 0 saturated heterocycles. The highest BCUT2D eigenvalue weighted by molar-refractivity contribution is 7.27. The molecule has 0 spiro atoms. The summed E-state index contributed by atoms with van der Waals surface area (Å²) < 4.78 is 10.5. The lowest BCUT2D eigenvalue weighted by Gasteiger charge is -2.34. The molecule has 0 unspecified atom stereocenters. The van der Waals surface area contributed by atoms with Crippen LogP contribution >= 0.6 is 22.7 Å². The molecule has 0 radical (unpaired) electrons. The van der Waals surface area contributed by atoms with Gasteiger partial charge in [0.1, 0.15) is 0 Å². The highest BCUT2D eigenvalue weighted by atomic mass is 32.1. The van der Waals surface area contributed by atoms with Crippen LogP contribution in [-0.2, 0) is 0 Å². The van der Waals surface area contributed by atoms with Crippen LogP contribution in [0.15, 0.2) is 121 Å². The van der Waals surface area contributed by atoms with E-state index in [1.165, 1.54) is 90.2 Å². The zero-order chi connectivity index (χ0) is 30.5. The molecule has 47 heavy (non-hydrogen) atoms. The molecule has 2 aliphatic rings. The molecule has 0 aliphatic carbocycles. The number of benzene rings is 6. The Labute approximate surface area is 276 Å². The standard InChI is InChI=1S/C41H20BN3S2/c43-21-22-15-17-23(18-16-22)24-19-31-35-32(20-24)45-37-28(41-39(45)26-8-2-4-14-34(26)47-41)10-6-12-30(37)42(35)29-11-5-9-27-36(29)44(31)38-25-7-1-3-13-33(25)46-40(27)38/h1-20H. The fourth-order valence-corrected chi connectivity index (χ4v) is 11.1. The number of nitriles is 1. The van der Waals surface area contributed by atoms with Gasteiger partial charge >= 0.3 is 0 Å². The molecule has 0 bridgehead atoms. The predicted molar refractivity (Wildman–Crippen MR) is 201 cm³/mol. The average Bonchev–Trinajstić information content (AvgIpc) is 3.86. The van der Waals surface area contributed by atoms with E-state index in [1.54, 1.807) is 0 Å². The molecule has 0 saturated carbocycles. The first-order valence-corrected chi connectivity index (χ1v) is 17.5. The van der Waals surface area contributed by atoms with Crippen LogP contribution in [0.1, 0.15) is 5.56 Å². The molecule has 4 aromatic heterocycles. The van der Waals surface area contributed by atoms with E-state index in [2.05, 4.69) is 124 Å². The van der Waals surface area contributed by atoms with E-state index in [4.69, 9.17) is 0 Å². The van der Waals surface area contributed by atoms with Gasteiger partial charge in [0.25, 0.3) is 6.71 Å². The van der Waals surface area contributed by atoms with E-state index in [9.17, 15) is 5.26 Å². The maximum Gasteiger partial charge on any atom is 0.252 e. The van der Waals surface area contributed by atoms with Gasteiger partial charge in [-0.2, -0.15) is 5.26 Å². The predicted octanol–water partition coefficient (Wildman–Crippen LogP) is 8.99. The minimum atomic E-state index is 0.118. The number of hydrogen-bond donors (Lipinski definition) is 0. The summed E-state index contributed by atoms with van der Waals surface area (Å²) in [6.07, 6.45) is 0. The largest absolute Gasteiger partial charge is 0.309 e. The van der Waals surface area contributed by atoms with Gasteiger partial charge in [-0.3, -0.25) is 0 Å². The molecular formula is C41H20BN3S2. The number of para-hydroxylation sites is 2. The van der Waals surface area contributed by atoms with E-state index in [-0.39, 0.29) is 6.71 Å². The zero-order valence-corrected chi connectivity index (χ0v) is 26.4. The van der Waals surface area contributed by atoms with Gasteiger partial charge in [0.15, 0.2) is 0 Å². The van der Waals surface area contributed by atoms with Gasteiger partial charge in [-0.1, -0.05) is 84.9 Å². The topological polar surface area (TPSA) is 33.6 Å². The Hall–Kier alpha value is -5.61. The van der Waals surface area contributed by atoms with Crippen LogP contribution in [0.2, 0.25) is 0 Å². The molecule has 10 aromatic rings. The van der Waals surface area contributed by atoms with Gasteiger partial charge in [-0.05, 0) is 63.9 Å². The molecule has 6 heterocycles. The fraction of sp³-hybridized carbons (Fsp3) is 0. The van der Waals surface area contributed by atoms with Crippen LogP contribution in [0.4, 0.5) is 0 Å². The maximum atomic E-state index is 9.56. The van der Waals surface area contributed by atoms with Gasteiger partial charge in [-0.25, -0.2) is 0 Å². The van der Waals surface area contributed by atoms with Crippen molar-refractivity contribution in [3.63, 3.8) is 0 Å². The van der Waals surface area contributed by atoms with Crippen molar-refractivity contribution >= 4 is 108 Å². The fourth-order valence-electron chi connectivity index (χ4n) is 8.70. The number of nitrogens with zero attached hydrogens (tertiary/aromatic N) is 3. The molecule has 2 aliphatic heterocycles. The van der Waals surface area contributed by atoms with Crippen molar-refractivity contribution < 1.29 is 0 Å². The molecule has 6 heteroatoms. The summed E-state index contributed by atoms with van der Waals surface area (Å²) >= 11 is 3.81. The highest BCUT2D eigenvalue weighted by Crippen LogP contribution is 2.47. The van der Waals surface area contributed by atoms with Crippen molar-refractivity contribution in [2.24, 2.45) is 0 Å². The summed E-state index contributed by atoms with van der Waals surface area (Å²) in [5.41, 5.74) is 14.8. The van der Waals surface area contributed by atoms with Gasteiger partial charge < -0.3 is 9.13 Å². The van der Waals surface area contributed by atoms with Crippen molar-refractivity contribution in [1.82, 2.24) is 9.13 Å².